The highest BCUT2D eigenvalue weighted by atomic mass is 35.5. The molecule has 1 atom stereocenters. The molecular formula is C21H21Cl2N5O3. The van der Waals surface area contributed by atoms with Gasteiger partial charge in [-0.05, 0) is 42.0 Å². The van der Waals surface area contributed by atoms with Gasteiger partial charge in [-0.15, -0.1) is 0 Å². The van der Waals surface area contributed by atoms with Crippen LogP contribution in [-0.2, 0) is 11.2 Å². The Morgan fingerprint density at radius 3 is 2.35 bits per heavy atom. The maximum absolute atomic E-state index is 12.6. The second-order valence-corrected chi connectivity index (χ2v) is 7.90. The Hall–Kier alpha value is -2.81. The number of urea groups is 1. The fourth-order valence-electron chi connectivity index (χ4n) is 3.17. The highest BCUT2D eigenvalue weighted by Gasteiger charge is 2.24. The van der Waals surface area contributed by atoms with E-state index < -0.39 is 6.04 Å². The molecule has 2 N–H and O–H groups in total. The highest BCUT2D eigenvalue weighted by molar-refractivity contribution is 6.30. The van der Waals surface area contributed by atoms with Gasteiger partial charge in [-0.2, -0.15) is 4.98 Å². The van der Waals surface area contributed by atoms with Crippen molar-refractivity contribution in [3.63, 3.8) is 0 Å². The molecule has 1 aromatic heterocycles. The van der Waals surface area contributed by atoms with Crippen molar-refractivity contribution in [2.45, 2.75) is 12.5 Å². The Morgan fingerprint density at radius 2 is 1.68 bits per heavy atom. The fraction of sp³-hybridized carbons (Fsp3) is 0.286. The minimum Gasteiger partial charge on any atom is -0.378 e. The number of benzene rings is 2. The average Bonchev–Trinajstić information content (AvgIpc) is 3.27. The summed E-state index contributed by atoms with van der Waals surface area (Å²) in [5, 5.41) is 11.1. The predicted molar refractivity (Wildman–Crippen MR) is 119 cm³/mol. The summed E-state index contributed by atoms with van der Waals surface area (Å²) in [6.45, 7) is 2.56. The molecule has 1 unspecified atom stereocenters. The fourth-order valence-corrected chi connectivity index (χ4v) is 3.42. The van der Waals surface area contributed by atoms with Crippen molar-refractivity contribution in [3.8, 4) is 0 Å². The molecule has 2 amide bonds. The van der Waals surface area contributed by atoms with E-state index in [1.54, 1.807) is 36.4 Å². The van der Waals surface area contributed by atoms with Gasteiger partial charge in [0.2, 0.25) is 0 Å². The molecule has 2 heterocycles. The number of hydrogen-bond acceptors (Lipinski definition) is 6. The molecule has 1 saturated heterocycles. The summed E-state index contributed by atoms with van der Waals surface area (Å²) in [6.07, 6.45) is 0.466. The van der Waals surface area contributed by atoms with Gasteiger partial charge in [0.15, 0.2) is 5.82 Å². The van der Waals surface area contributed by atoms with E-state index in [4.69, 9.17) is 32.5 Å². The number of hydrogen-bond donors (Lipinski definition) is 2. The van der Waals surface area contributed by atoms with E-state index in [9.17, 15) is 4.79 Å². The normalized spacial score (nSPS) is 14.8. The molecular weight excluding hydrogens is 441 g/mol. The largest absolute Gasteiger partial charge is 0.378 e. The Bertz CT molecular complexity index is 1000. The minimum atomic E-state index is -0.507. The van der Waals surface area contributed by atoms with Crippen LogP contribution in [-0.4, -0.2) is 42.5 Å². The number of nitrogens with one attached hydrogen (secondary N) is 2. The van der Waals surface area contributed by atoms with Crippen LogP contribution in [0.3, 0.4) is 0 Å². The van der Waals surface area contributed by atoms with E-state index in [1.165, 1.54) is 0 Å². The summed E-state index contributed by atoms with van der Waals surface area (Å²) in [4.78, 5) is 19.1. The predicted octanol–water partition coefficient (Wildman–Crippen LogP) is 4.32. The van der Waals surface area contributed by atoms with E-state index in [-0.39, 0.29) is 6.03 Å². The molecule has 0 spiro atoms. The van der Waals surface area contributed by atoms with Gasteiger partial charge < -0.3 is 24.8 Å². The second kappa shape index (κ2) is 10.00. The van der Waals surface area contributed by atoms with Crippen LogP contribution in [0, 0.1) is 0 Å². The number of halogens is 2. The lowest BCUT2D eigenvalue weighted by molar-refractivity contribution is 0.119. The first-order valence-corrected chi connectivity index (χ1v) is 10.6. The lowest BCUT2D eigenvalue weighted by Crippen LogP contribution is -2.36. The van der Waals surface area contributed by atoms with E-state index >= 15 is 0 Å². The van der Waals surface area contributed by atoms with Gasteiger partial charge in [0, 0.05) is 35.2 Å². The molecule has 0 saturated carbocycles. The number of amides is 2. The average molecular weight is 462 g/mol. The van der Waals surface area contributed by atoms with Gasteiger partial charge in [-0.3, -0.25) is 0 Å². The van der Waals surface area contributed by atoms with Crippen LogP contribution >= 0.6 is 23.2 Å². The Morgan fingerprint density at radius 1 is 1.03 bits per heavy atom. The summed E-state index contributed by atoms with van der Waals surface area (Å²) in [7, 11) is 0. The standard InChI is InChI=1S/C21H21Cl2N5O3/c22-15-3-1-14(2-4-15)13-18(25-20(29)24-17-7-5-16(23)6-8-17)19-26-21(31-27-19)28-9-11-30-12-10-28/h1-8,18H,9-13H2,(H2,24,25,29). The number of rotatable bonds is 6. The first kappa shape index (κ1) is 21.4. The number of morpholine rings is 1. The van der Waals surface area contributed by atoms with Gasteiger partial charge in [-0.25, -0.2) is 4.79 Å². The molecule has 1 aliphatic heterocycles. The number of carbonyl (C=O) groups excluding carboxylic acids is 1. The zero-order valence-corrected chi connectivity index (χ0v) is 18.1. The van der Waals surface area contributed by atoms with Crippen LogP contribution in [0.2, 0.25) is 10.0 Å². The summed E-state index contributed by atoms with van der Waals surface area (Å²) in [6, 6.07) is 13.8. The molecule has 1 fully saturated rings. The monoisotopic (exact) mass is 461 g/mol. The second-order valence-electron chi connectivity index (χ2n) is 7.02. The maximum Gasteiger partial charge on any atom is 0.324 e. The molecule has 31 heavy (non-hydrogen) atoms. The topological polar surface area (TPSA) is 92.5 Å². The minimum absolute atomic E-state index is 0.390. The van der Waals surface area contributed by atoms with Gasteiger partial charge in [0.05, 0.1) is 19.3 Å². The molecule has 8 nitrogen and oxygen atoms in total. The molecule has 3 aromatic rings. The lowest BCUT2D eigenvalue weighted by Gasteiger charge is -2.24. The molecule has 0 aliphatic carbocycles. The van der Waals surface area contributed by atoms with E-state index in [0.717, 1.165) is 5.56 Å². The Kier molecular flexibility index (Phi) is 6.91. The molecule has 4 rings (SSSR count). The zero-order valence-electron chi connectivity index (χ0n) is 16.6. The van der Waals surface area contributed by atoms with E-state index in [0.29, 0.717) is 60.3 Å². The van der Waals surface area contributed by atoms with Crippen LogP contribution in [0.15, 0.2) is 53.1 Å². The summed E-state index contributed by atoms with van der Waals surface area (Å²) in [5.74, 6) is 0.391. The smallest absolute Gasteiger partial charge is 0.324 e. The SMILES string of the molecule is O=C(Nc1ccc(Cl)cc1)NC(Cc1ccc(Cl)cc1)c1noc(N2CCOCC2)n1. The van der Waals surface area contributed by atoms with Crippen molar-refractivity contribution in [2.24, 2.45) is 0 Å². The van der Waals surface area contributed by atoms with E-state index in [2.05, 4.69) is 20.8 Å². The van der Waals surface area contributed by atoms with Crippen LogP contribution < -0.4 is 15.5 Å². The third-order valence-electron chi connectivity index (χ3n) is 4.78. The summed E-state index contributed by atoms with van der Waals surface area (Å²) in [5.41, 5.74) is 1.59. The van der Waals surface area contributed by atoms with E-state index in [1.807, 2.05) is 17.0 Å². The number of carbonyl (C=O) groups is 1. The van der Waals surface area contributed by atoms with Gasteiger partial charge in [0.25, 0.3) is 0 Å². The molecule has 1 aliphatic rings. The van der Waals surface area contributed by atoms with Crippen molar-refractivity contribution in [1.29, 1.82) is 0 Å². The third kappa shape index (κ3) is 5.88. The van der Waals surface area contributed by atoms with Gasteiger partial charge >= 0.3 is 12.0 Å². The first-order chi connectivity index (χ1) is 15.1. The van der Waals surface area contributed by atoms with Crippen molar-refractivity contribution in [1.82, 2.24) is 15.5 Å². The lowest BCUT2D eigenvalue weighted by atomic mass is 10.1. The Labute approximate surface area is 189 Å². The highest BCUT2D eigenvalue weighted by Crippen LogP contribution is 2.22. The van der Waals surface area contributed by atoms with Crippen molar-refractivity contribution >= 4 is 40.9 Å². The number of anilines is 2. The molecule has 162 valence electrons. The van der Waals surface area contributed by atoms with Gasteiger partial charge in [-0.1, -0.05) is 40.5 Å². The zero-order chi connectivity index (χ0) is 21.6. The number of ether oxygens (including phenoxy) is 1. The third-order valence-corrected chi connectivity index (χ3v) is 5.29. The van der Waals surface area contributed by atoms with Crippen LogP contribution in [0.1, 0.15) is 17.4 Å². The van der Waals surface area contributed by atoms with Crippen molar-refractivity contribution in [3.05, 3.63) is 70.0 Å². The molecule has 2 aromatic carbocycles. The number of nitrogens with zero attached hydrogens (tertiary/aromatic N) is 3. The Balaban J connectivity index is 1.50. The summed E-state index contributed by atoms with van der Waals surface area (Å²) < 4.78 is 10.8. The first-order valence-electron chi connectivity index (χ1n) is 9.80. The molecule has 0 radical (unpaired) electrons. The molecule has 10 heteroatoms. The maximum atomic E-state index is 12.6. The summed E-state index contributed by atoms with van der Waals surface area (Å²) >= 11 is 11.9. The van der Waals surface area contributed by atoms with Gasteiger partial charge in [0.1, 0.15) is 0 Å². The van der Waals surface area contributed by atoms with Crippen LogP contribution in [0.25, 0.3) is 0 Å². The number of aromatic nitrogens is 2. The van der Waals surface area contributed by atoms with Crippen molar-refractivity contribution in [2.75, 3.05) is 36.5 Å². The van der Waals surface area contributed by atoms with Crippen molar-refractivity contribution < 1.29 is 14.1 Å². The quantitative estimate of drug-likeness (QED) is 0.567. The van der Waals surface area contributed by atoms with Crippen LogP contribution in [0.4, 0.5) is 16.5 Å². The molecule has 0 bridgehead atoms. The van der Waals surface area contributed by atoms with Crippen LogP contribution in [0.5, 0.6) is 0 Å².